The molecule has 1 N–H and O–H groups in total. The largest absolute Gasteiger partial charge is 0.481 e. The average molecular weight is 356 g/mol. The Morgan fingerprint density at radius 1 is 1.27 bits per heavy atom. The highest BCUT2D eigenvalue weighted by Gasteiger charge is 2.17. The molecule has 0 amide bonds. The zero-order valence-electron chi connectivity index (χ0n) is 14.3. The van der Waals surface area contributed by atoms with Gasteiger partial charge in [-0.15, -0.1) is 0 Å². The highest BCUT2D eigenvalue weighted by Crippen LogP contribution is 2.24. The molecule has 134 valence electrons. The second kappa shape index (κ2) is 7.35. The van der Waals surface area contributed by atoms with Crippen molar-refractivity contribution in [2.45, 2.75) is 26.4 Å². The van der Waals surface area contributed by atoms with Crippen LogP contribution in [0.4, 0.5) is 4.39 Å². The first-order valence-electron chi connectivity index (χ1n) is 8.00. The number of ether oxygens (including phenoxy) is 1. The molecule has 0 radical (unpaired) electrons. The smallest absolute Gasteiger partial charge is 0.307 e. The maximum absolute atomic E-state index is 13.4. The molecule has 1 unspecified atom stereocenters. The van der Waals surface area contributed by atoms with Crippen molar-refractivity contribution in [3.63, 3.8) is 0 Å². The Morgan fingerprint density at radius 3 is 2.65 bits per heavy atom. The third-order valence-corrected chi connectivity index (χ3v) is 3.80. The van der Waals surface area contributed by atoms with Crippen molar-refractivity contribution in [1.29, 1.82) is 0 Å². The molecule has 0 saturated carbocycles. The summed E-state index contributed by atoms with van der Waals surface area (Å²) in [6, 6.07) is 11.4. The molecule has 0 saturated heterocycles. The highest BCUT2D eigenvalue weighted by atomic mass is 19.1. The summed E-state index contributed by atoms with van der Waals surface area (Å²) in [5, 5.41) is 12.7. The number of carbonyl (C=O) groups is 1. The van der Waals surface area contributed by atoms with Crippen molar-refractivity contribution in [1.82, 2.24) is 10.1 Å². The minimum atomic E-state index is -0.888. The third-order valence-electron chi connectivity index (χ3n) is 3.80. The van der Waals surface area contributed by atoms with Gasteiger partial charge in [-0.2, -0.15) is 4.98 Å². The Kier molecular flexibility index (Phi) is 4.97. The first-order valence-corrected chi connectivity index (χ1v) is 8.00. The summed E-state index contributed by atoms with van der Waals surface area (Å²) in [6.45, 7) is 3.43. The van der Waals surface area contributed by atoms with E-state index in [1.54, 1.807) is 50.2 Å². The van der Waals surface area contributed by atoms with Gasteiger partial charge in [0.15, 0.2) is 6.10 Å². The van der Waals surface area contributed by atoms with E-state index in [1.165, 1.54) is 6.07 Å². The van der Waals surface area contributed by atoms with Gasteiger partial charge in [0, 0.05) is 5.56 Å². The number of benzene rings is 2. The quantitative estimate of drug-likeness (QED) is 0.720. The number of aryl methyl sites for hydroxylation is 1. The van der Waals surface area contributed by atoms with E-state index >= 15 is 0 Å². The van der Waals surface area contributed by atoms with Gasteiger partial charge in [0.25, 0.3) is 5.89 Å². The topological polar surface area (TPSA) is 85.5 Å². The second-order valence-electron chi connectivity index (χ2n) is 5.89. The van der Waals surface area contributed by atoms with Crippen molar-refractivity contribution in [3.8, 4) is 17.1 Å². The summed E-state index contributed by atoms with van der Waals surface area (Å²) >= 11 is 0. The Hall–Kier alpha value is -3.22. The van der Waals surface area contributed by atoms with Gasteiger partial charge in [-0.1, -0.05) is 17.3 Å². The molecule has 1 aromatic heterocycles. The summed E-state index contributed by atoms with van der Waals surface area (Å²) in [5.74, 6) is 0.0259. The molecule has 6 nitrogen and oxygen atoms in total. The third kappa shape index (κ3) is 4.05. The van der Waals surface area contributed by atoms with Crippen molar-refractivity contribution in [2.75, 3.05) is 0 Å². The maximum Gasteiger partial charge on any atom is 0.307 e. The fourth-order valence-electron chi connectivity index (χ4n) is 2.42. The molecule has 0 aliphatic rings. The van der Waals surface area contributed by atoms with Gasteiger partial charge in [-0.3, -0.25) is 4.79 Å². The van der Waals surface area contributed by atoms with Crippen LogP contribution in [0.1, 0.15) is 30.0 Å². The number of carboxylic acids is 1. The summed E-state index contributed by atoms with van der Waals surface area (Å²) in [6.07, 6.45) is -0.539. The maximum atomic E-state index is 13.4. The van der Waals surface area contributed by atoms with Crippen LogP contribution in [-0.2, 0) is 11.2 Å². The number of halogens is 1. The van der Waals surface area contributed by atoms with Crippen LogP contribution in [0.5, 0.6) is 5.75 Å². The van der Waals surface area contributed by atoms with E-state index in [4.69, 9.17) is 14.4 Å². The van der Waals surface area contributed by atoms with E-state index in [-0.39, 0.29) is 18.1 Å². The van der Waals surface area contributed by atoms with E-state index < -0.39 is 12.1 Å². The number of carboxylic acid groups (broad SMARTS) is 1. The van der Waals surface area contributed by atoms with Gasteiger partial charge in [-0.05, 0) is 55.3 Å². The lowest BCUT2D eigenvalue weighted by molar-refractivity contribution is -0.136. The molecule has 0 aliphatic carbocycles. The zero-order valence-corrected chi connectivity index (χ0v) is 14.3. The van der Waals surface area contributed by atoms with E-state index in [0.717, 1.165) is 0 Å². The molecule has 1 atom stereocenters. The molecule has 26 heavy (non-hydrogen) atoms. The predicted molar refractivity (Wildman–Crippen MR) is 91.3 cm³/mol. The molecular formula is C19H17FN2O4. The molecule has 0 fully saturated rings. The Labute approximate surface area is 149 Å². The number of rotatable bonds is 6. The van der Waals surface area contributed by atoms with Crippen LogP contribution in [0.2, 0.25) is 0 Å². The standard InChI is InChI=1S/C19H17FN2O4/c1-11-9-14(5-8-16(11)20)18-21-19(26-22-18)12(2)25-15-6-3-13(4-7-15)10-17(23)24/h3-9,12H,10H2,1-2H3,(H,23,24). The van der Waals surface area contributed by atoms with Crippen LogP contribution >= 0.6 is 0 Å². The van der Waals surface area contributed by atoms with Gasteiger partial charge in [0.05, 0.1) is 6.42 Å². The average Bonchev–Trinajstić information content (AvgIpc) is 3.09. The number of aromatic nitrogens is 2. The fourth-order valence-corrected chi connectivity index (χ4v) is 2.42. The molecule has 0 bridgehead atoms. The van der Waals surface area contributed by atoms with Crippen LogP contribution in [0.3, 0.4) is 0 Å². The van der Waals surface area contributed by atoms with Crippen LogP contribution in [0, 0.1) is 12.7 Å². The van der Waals surface area contributed by atoms with Gasteiger partial charge < -0.3 is 14.4 Å². The minimum absolute atomic E-state index is 0.0417. The SMILES string of the molecule is Cc1cc(-c2noc(C(C)Oc3ccc(CC(=O)O)cc3)n2)ccc1F. The van der Waals surface area contributed by atoms with Crippen molar-refractivity contribution in [2.24, 2.45) is 0 Å². The fraction of sp³-hybridized carbons (Fsp3) is 0.211. The Morgan fingerprint density at radius 2 is 2.00 bits per heavy atom. The second-order valence-corrected chi connectivity index (χ2v) is 5.89. The van der Waals surface area contributed by atoms with Crippen LogP contribution in [0.25, 0.3) is 11.4 Å². The number of hydrogen-bond acceptors (Lipinski definition) is 5. The van der Waals surface area contributed by atoms with Crippen molar-refractivity contribution < 1.29 is 23.6 Å². The number of aliphatic carboxylic acids is 1. The molecule has 7 heteroatoms. The molecule has 0 aliphatic heterocycles. The monoisotopic (exact) mass is 356 g/mol. The highest BCUT2D eigenvalue weighted by molar-refractivity contribution is 5.70. The van der Waals surface area contributed by atoms with Gasteiger partial charge >= 0.3 is 5.97 Å². The predicted octanol–water partition coefficient (Wildman–Crippen LogP) is 3.95. The molecule has 0 spiro atoms. The summed E-state index contributed by atoms with van der Waals surface area (Å²) in [4.78, 5) is 15.0. The summed E-state index contributed by atoms with van der Waals surface area (Å²) in [7, 11) is 0. The normalized spacial score (nSPS) is 12.0. The van der Waals surface area contributed by atoms with E-state index in [0.29, 0.717) is 28.3 Å². The Bertz CT molecular complexity index is 922. The zero-order chi connectivity index (χ0) is 18.7. The van der Waals surface area contributed by atoms with Gasteiger partial charge in [0.1, 0.15) is 11.6 Å². The molecule has 2 aromatic carbocycles. The summed E-state index contributed by atoms with van der Waals surface area (Å²) < 4.78 is 24.4. The van der Waals surface area contributed by atoms with E-state index in [1.807, 2.05) is 0 Å². The molecule has 3 aromatic rings. The Balaban J connectivity index is 1.70. The van der Waals surface area contributed by atoms with Crippen molar-refractivity contribution in [3.05, 3.63) is 65.3 Å². The number of hydrogen-bond donors (Lipinski definition) is 1. The van der Waals surface area contributed by atoms with Crippen LogP contribution in [0.15, 0.2) is 47.0 Å². The van der Waals surface area contributed by atoms with E-state index in [9.17, 15) is 9.18 Å². The molecular weight excluding hydrogens is 339 g/mol. The van der Waals surface area contributed by atoms with Crippen LogP contribution in [-0.4, -0.2) is 21.2 Å². The lowest BCUT2D eigenvalue weighted by Gasteiger charge is -2.10. The lowest BCUT2D eigenvalue weighted by atomic mass is 10.1. The first-order chi connectivity index (χ1) is 12.4. The van der Waals surface area contributed by atoms with E-state index in [2.05, 4.69) is 10.1 Å². The number of nitrogens with zero attached hydrogens (tertiary/aromatic N) is 2. The van der Waals surface area contributed by atoms with Crippen LogP contribution < -0.4 is 4.74 Å². The van der Waals surface area contributed by atoms with Gasteiger partial charge in [-0.25, -0.2) is 4.39 Å². The molecule has 3 rings (SSSR count). The van der Waals surface area contributed by atoms with Gasteiger partial charge in [0.2, 0.25) is 5.82 Å². The minimum Gasteiger partial charge on any atom is -0.481 e. The summed E-state index contributed by atoms with van der Waals surface area (Å²) in [5.41, 5.74) is 1.84. The van der Waals surface area contributed by atoms with Crippen molar-refractivity contribution >= 4 is 5.97 Å². The molecule has 1 heterocycles. The lowest BCUT2D eigenvalue weighted by Crippen LogP contribution is -2.04. The first kappa shape index (κ1) is 17.6.